The second-order valence-electron chi connectivity index (χ2n) is 5.23. The molecule has 0 saturated heterocycles. The third-order valence-corrected chi connectivity index (χ3v) is 3.52. The highest BCUT2D eigenvalue weighted by Gasteiger charge is 2.18. The largest absolute Gasteiger partial charge is 0.314 e. The van der Waals surface area contributed by atoms with E-state index >= 15 is 0 Å². The molecule has 0 aliphatic carbocycles. The lowest BCUT2D eigenvalue weighted by Crippen LogP contribution is -2.49. The van der Waals surface area contributed by atoms with Crippen molar-refractivity contribution in [3.8, 4) is 0 Å². The molecule has 2 unspecified atom stereocenters. The van der Waals surface area contributed by atoms with E-state index in [2.05, 4.69) is 46.6 Å². The minimum Gasteiger partial charge on any atom is -0.314 e. The zero-order valence-corrected chi connectivity index (χ0v) is 10.8. The number of hydrogen-bond donors (Lipinski definition) is 1. The van der Waals surface area contributed by atoms with E-state index in [0.29, 0.717) is 0 Å². The van der Waals surface area contributed by atoms with Gasteiger partial charge >= 0.3 is 0 Å². The maximum atomic E-state index is 6.00. The zero-order valence-electron chi connectivity index (χ0n) is 10.8. The minimum absolute atomic E-state index is 0.185. The second kappa shape index (κ2) is 5.72. The monoisotopic (exact) mass is 200 g/mol. The number of nitrogens with two attached hydrogens (primary N) is 1. The maximum absolute atomic E-state index is 6.00. The molecule has 0 saturated carbocycles. The third-order valence-electron chi connectivity index (χ3n) is 3.52. The van der Waals surface area contributed by atoms with Gasteiger partial charge in [-0.1, -0.05) is 27.2 Å². The Morgan fingerprint density at radius 3 is 2.07 bits per heavy atom. The predicted molar refractivity (Wildman–Crippen MR) is 64.1 cm³/mol. The molecule has 2 heteroatoms. The summed E-state index contributed by atoms with van der Waals surface area (Å²) in [6.45, 7) is 12.1. The van der Waals surface area contributed by atoms with Crippen LogP contribution in [0.2, 0.25) is 0 Å². The van der Waals surface area contributed by atoms with E-state index < -0.39 is 0 Å². The van der Waals surface area contributed by atoms with Crippen LogP contribution in [0.5, 0.6) is 0 Å². The molecule has 2 nitrogen and oxygen atoms in total. The van der Waals surface area contributed by atoms with Gasteiger partial charge in [0.15, 0.2) is 0 Å². The second-order valence-corrected chi connectivity index (χ2v) is 5.23. The summed E-state index contributed by atoms with van der Waals surface area (Å²) >= 11 is 0. The molecule has 0 aromatic rings. The highest BCUT2D eigenvalue weighted by Crippen LogP contribution is 2.19. The van der Waals surface area contributed by atoms with Crippen molar-refractivity contribution in [1.29, 1.82) is 0 Å². The van der Waals surface area contributed by atoms with Crippen LogP contribution < -0.4 is 5.73 Å². The summed E-state index contributed by atoms with van der Waals surface area (Å²) in [5, 5.41) is 0. The van der Waals surface area contributed by atoms with E-state index in [1.165, 1.54) is 12.8 Å². The molecular weight excluding hydrogens is 172 g/mol. The van der Waals surface area contributed by atoms with E-state index in [9.17, 15) is 0 Å². The molecule has 0 aromatic heterocycles. The van der Waals surface area contributed by atoms with Crippen molar-refractivity contribution in [2.75, 3.05) is 13.6 Å². The summed E-state index contributed by atoms with van der Waals surface area (Å²) in [7, 11) is 2.10. The van der Waals surface area contributed by atoms with E-state index in [-0.39, 0.29) is 5.66 Å². The standard InChI is InChI=1S/C12H28N2/c1-7-10(2)11(3)8-9-14(6)12(4,5)13/h10-11H,7-9,13H2,1-6H3. The Morgan fingerprint density at radius 1 is 1.21 bits per heavy atom. The average molecular weight is 200 g/mol. The van der Waals surface area contributed by atoms with Crippen LogP contribution in [0.4, 0.5) is 0 Å². The Kier molecular flexibility index (Phi) is 5.68. The summed E-state index contributed by atoms with van der Waals surface area (Å²) in [5.74, 6) is 1.62. The van der Waals surface area contributed by atoms with Crippen LogP contribution in [0.1, 0.15) is 47.5 Å². The van der Waals surface area contributed by atoms with Crippen molar-refractivity contribution < 1.29 is 0 Å². The van der Waals surface area contributed by atoms with Gasteiger partial charge in [0.1, 0.15) is 0 Å². The maximum Gasteiger partial charge on any atom is 0.0626 e. The molecule has 86 valence electrons. The van der Waals surface area contributed by atoms with Crippen molar-refractivity contribution in [1.82, 2.24) is 4.90 Å². The van der Waals surface area contributed by atoms with Crippen LogP contribution in [0.15, 0.2) is 0 Å². The van der Waals surface area contributed by atoms with Gasteiger partial charge in [0.25, 0.3) is 0 Å². The Hall–Kier alpha value is -0.0800. The van der Waals surface area contributed by atoms with Crippen LogP contribution in [0.3, 0.4) is 0 Å². The van der Waals surface area contributed by atoms with E-state index in [0.717, 1.165) is 18.4 Å². The molecule has 0 bridgehead atoms. The first-order valence-corrected chi connectivity index (χ1v) is 5.79. The molecule has 14 heavy (non-hydrogen) atoms. The van der Waals surface area contributed by atoms with Crippen molar-refractivity contribution in [3.63, 3.8) is 0 Å². The van der Waals surface area contributed by atoms with Crippen LogP contribution in [-0.4, -0.2) is 24.2 Å². The normalized spacial score (nSPS) is 17.1. The first kappa shape index (κ1) is 13.9. The molecule has 0 heterocycles. The van der Waals surface area contributed by atoms with Gasteiger partial charge in [-0.3, -0.25) is 4.90 Å². The quantitative estimate of drug-likeness (QED) is 0.668. The van der Waals surface area contributed by atoms with Gasteiger partial charge in [-0.2, -0.15) is 0 Å². The Morgan fingerprint density at radius 2 is 1.71 bits per heavy atom. The molecule has 0 aliphatic heterocycles. The van der Waals surface area contributed by atoms with Crippen molar-refractivity contribution >= 4 is 0 Å². The molecular formula is C12H28N2. The minimum atomic E-state index is -0.185. The summed E-state index contributed by atoms with van der Waals surface area (Å²) < 4.78 is 0. The van der Waals surface area contributed by atoms with Gasteiger partial charge in [-0.05, 0) is 45.7 Å². The fourth-order valence-electron chi connectivity index (χ4n) is 1.37. The summed E-state index contributed by atoms with van der Waals surface area (Å²) in [6.07, 6.45) is 2.52. The smallest absolute Gasteiger partial charge is 0.0626 e. The Bertz CT molecular complexity index is 149. The van der Waals surface area contributed by atoms with Crippen molar-refractivity contribution in [2.24, 2.45) is 17.6 Å². The van der Waals surface area contributed by atoms with E-state index in [1.54, 1.807) is 0 Å². The summed E-state index contributed by atoms with van der Waals surface area (Å²) in [5.41, 5.74) is 5.81. The zero-order chi connectivity index (χ0) is 11.4. The molecule has 2 N–H and O–H groups in total. The Balaban J connectivity index is 3.83. The lowest BCUT2D eigenvalue weighted by atomic mass is 9.90. The molecule has 0 aromatic carbocycles. The molecule has 0 fully saturated rings. The topological polar surface area (TPSA) is 29.3 Å². The molecule has 0 radical (unpaired) electrons. The summed E-state index contributed by atoms with van der Waals surface area (Å²) in [4.78, 5) is 2.23. The van der Waals surface area contributed by atoms with Gasteiger partial charge in [-0.25, -0.2) is 0 Å². The first-order valence-electron chi connectivity index (χ1n) is 5.79. The fraction of sp³-hybridized carbons (Fsp3) is 1.00. The van der Waals surface area contributed by atoms with Crippen LogP contribution in [0, 0.1) is 11.8 Å². The predicted octanol–water partition coefficient (Wildman–Crippen LogP) is 2.69. The summed E-state index contributed by atoms with van der Waals surface area (Å²) in [6, 6.07) is 0. The van der Waals surface area contributed by atoms with Crippen LogP contribution in [0.25, 0.3) is 0 Å². The van der Waals surface area contributed by atoms with E-state index in [1.807, 2.05) is 0 Å². The van der Waals surface area contributed by atoms with Crippen molar-refractivity contribution in [2.45, 2.75) is 53.1 Å². The number of nitrogens with zero attached hydrogens (tertiary/aromatic N) is 1. The molecule has 0 aliphatic rings. The lowest BCUT2D eigenvalue weighted by molar-refractivity contribution is 0.147. The molecule has 0 spiro atoms. The van der Waals surface area contributed by atoms with Gasteiger partial charge in [0, 0.05) is 0 Å². The Labute approximate surface area is 89.9 Å². The number of hydrogen-bond acceptors (Lipinski definition) is 2. The SMILES string of the molecule is CCC(C)C(C)CCN(C)C(C)(C)N. The first-order chi connectivity index (χ1) is 6.29. The molecule has 2 atom stereocenters. The van der Waals surface area contributed by atoms with Gasteiger partial charge in [-0.15, -0.1) is 0 Å². The highest BCUT2D eigenvalue weighted by molar-refractivity contribution is 4.72. The van der Waals surface area contributed by atoms with Crippen molar-refractivity contribution in [3.05, 3.63) is 0 Å². The highest BCUT2D eigenvalue weighted by atomic mass is 15.2. The van der Waals surface area contributed by atoms with Gasteiger partial charge < -0.3 is 5.73 Å². The van der Waals surface area contributed by atoms with Crippen LogP contribution in [-0.2, 0) is 0 Å². The van der Waals surface area contributed by atoms with Gasteiger partial charge in [0.05, 0.1) is 5.66 Å². The van der Waals surface area contributed by atoms with Crippen LogP contribution >= 0.6 is 0 Å². The molecule has 0 rings (SSSR count). The third kappa shape index (κ3) is 4.97. The average Bonchev–Trinajstić information content (AvgIpc) is 2.10. The number of rotatable bonds is 6. The molecule has 0 amide bonds. The lowest BCUT2D eigenvalue weighted by Gasteiger charge is -2.33. The van der Waals surface area contributed by atoms with E-state index in [4.69, 9.17) is 5.73 Å². The fourth-order valence-corrected chi connectivity index (χ4v) is 1.37. The van der Waals surface area contributed by atoms with Gasteiger partial charge in [0.2, 0.25) is 0 Å².